The van der Waals surface area contributed by atoms with Gasteiger partial charge in [0.2, 0.25) is 5.91 Å². The van der Waals surface area contributed by atoms with E-state index in [4.69, 9.17) is 11.6 Å². The van der Waals surface area contributed by atoms with Crippen LogP contribution in [0.25, 0.3) is 5.69 Å². The summed E-state index contributed by atoms with van der Waals surface area (Å²) in [6, 6.07) is 15.2. The van der Waals surface area contributed by atoms with E-state index in [1.54, 1.807) is 4.68 Å². The van der Waals surface area contributed by atoms with E-state index in [2.05, 4.69) is 20.8 Å². The van der Waals surface area contributed by atoms with Gasteiger partial charge in [-0.1, -0.05) is 35.9 Å². The second kappa shape index (κ2) is 7.70. The Labute approximate surface area is 144 Å². The molecule has 0 saturated carbocycles. The van der Waals surface area contributed by atoms with Gasteiger partial charge < -0.3 is 5.32 Å². The van der Waals surface area contributed by atoms with Crippen molar-refractivity contribution < 1.29 is 4.79 Å². The van der Waals surface area contributed by atoms with Crippen LogP contribution in [0.4, 0.5) is 0 Å². The maximum Gasteiger partial charge on any atom is 0.224 e. The Morgan fingerprint density at radius 3 is 2.67 bits per heavy atom. The van der Waals surface area contributed by atoms with Gasteiger partial charge in [-0.25, -0.2) is 4.68 Å². The number of nitrogens with zero attached hydrogens (tertiary/aromatic N) is 4. The zero-order valence-corrected chi connectivity index (χ0v) is 13.6. The van der Waals surface area contributed by atoms with Crippen molar-refractivity contribution in [3.63, 3.8) is 0 Å². The number of rotatable bonds is 6. The average Bonchev–Trinajstić information content (AvgIpc) is 3.10. The highest BCUT2D eigenvalue weighted by Crippen LogP contribution is 2.11. The predicted molar refractivity (Wildman–Crippen MR) is 91.0 cm³/mol. The Bertz CT molecular complexity index is 802. The average molecular weight is 342 g/mol. The first-order valence-electron chi connectivity index (χ1n) is 7.54. The molecule has 3 aromatic rings. The Hall–Kier alpha value is -2.73. The maximum atomic E-state index is 12.0. The van der Waals surface area contributed by atoms with Gasteiger partial charge in [-0.05, 0) is 52.2 Å². The fourth-order valence-corrected chi connectivity index (χ4v) is 2.55. The van der Waals surface area contributed by atoms with Crippen molar-refractivity contribution >= 4 is 17.5 Å². The number of aromatic nitrogens is 4. The third-order valence-electron chi connectivity index (χ3n) is 3.54. The largest absolute Gasteiger partial charge is 0.355 e. The van der Waals surface area contributed by atoms with Gasteiger partial charge in [-0.3, -0.25) is 4.79 Å². The fourth-order valence-electron chi connectivity index (χ4n) is 2.33. The molecule has 0 aliphatic carbocycles. The highest BCUT2D eigenvalue weighted by Gasteiger charge is 2.04. The number of benzene rings is 2. The van der Waals surface area contributed by atoms with E-state index in [1.807, 2.05) is 48.5 Å². The van der Waals surface area contributed by atoms with Gasteiger partial charge in [-0.2, -0.15) is 0 Å². The van der Waals surface area contributed by atoms with Gasteiger partial charge >= 0.3 is 0 Å². The first-order chi connectivity index (χ1) is 11.7. The van der Waals surface area contributed by atoms with E-state index in [0.29, 0.717) is 18.0 Å². The lowest BCUT2D eigenvalue weighted by Gasteiger charge is -2.06. The van der Waals surface area contributed by atoms with Crippen LogP contribution in [0.2, 0.25) is 5.02 Å². The van der Waals surface area contributed by atoms with Crippen molar-refractivity contribution in [1.82, 2.24) is 25.5 Å². The highest BCUT2D eigenvalue weighted by atomic mass is 35.5. The maximum absolute atomic E-state index is 12.0. The summed E-state index contributed by atoms with van der Waals surface area (Å²) in [4.78, 5) is 12.0. The third kappa shape index (κ3) is 4.39. The number of tetrazole rings is 1. The van der Waals surface area contributed by atoms with Crippen LogP contribution < -0.4 is 5.32 Å². The quantitative estimate of drug-likeness (QED) is 0.746. The molecule has 0 fully saturated rings. The molecule has 0 aliphatic rings. The minimum absolute atomic E-state index is 0.00722. The molecule has 0 radical (unpaired) electrons. The van der Waals surface area contributed by atoms with Crippen molar-refractivity contribution in [1.29, 1.82) is 0 Å². The van der Waals surface area contributed by atoms with Gasteiger partial charge in [0.05, 0.1) is 12.1 Å². The second-order valence-electron chi connectivity index (χ2n) is 5.33. The van der Waals surface area contributed by atoms with Crippen LogP contribution in [0.1, 0.15) is 11.1 Å². The van der Waals surface area contributed by atoms with Crippen LogP contribution >= 0.6 is 11.6 Å². The SMILES string of the molecule is O=C(Cc1ccc(-n2cnnn2)cc1)NCCc1cccc(Cl)c1. The zero-order valence-electron chi connectivity index (χ0n) is 12.9. The standard InChI is InChI=1S/C17H16ClN5O/c18-15-3-1-2-13(10-15)8-9-19-17(24)11-14-4-6-16(7-5-14)23-12-20-21-22-23/h1-7,10,12H,8-9,11H2,(H,19,24). The Kier molecular flexibility index (Phi) is 5.18. The van der Waals surface area contributed by atoms with E-state index >= 15 is 0 Å². The Morgan fingerprint density at radius 1 is 1.12 bits per heavy atom. The third-order valence-corrected chi connectivity index (χ3v) is 3.77. The van der Waals surface area contributed by atoms with Crippen molar-refractivity contribution in [2.24, 2.45) is 0 Å². The van der Waals surface area contributed by atoms with Gasteiger partial charge in [0, 0.05) is 11.6 Å². The number of carbonyl (C=O) groups excluding carboxylic acids is 1. The van der Waals surface area contributed by atoms with Crippen molar-refractivity contribution in [2.75, 3.05) is 6.54 Å². The number of hydrogen-bond donors (Lipinski definition) is 1. The molecule has 0 saturated heterocycles. The summed E-state index contributed by atoms with van der Waals surface area (Å²) >= 11 is 5.94. The molecule has 1 aromatic heterocycles. The molecule has 6 nitrogen and oxygen atoms in total. The number of carbonyl (C=O) groups is 1. The molecule has 0 aliphatic heterocycles. The lowest BCUT2D eigenvalue weighted by molar-refractivity contribution is -0.120. The number of nitrogens with one attached hydrogen (secondary N) is 1. The molecule has 1 N–H and O–H groups in total. The summed E-state index contributed by atoms with van der Waals surface area (Å²) in [5.74, 6) is -0.00722. The van der Waals surface area contributed by atoms with E-state index in [9.17, 15) is 4.79 Å². The van der Waals surface area contributed by atoms with E-state index < -0.39 is 0 Å². The Morgan fingerprint density at radius 2 is 1.96 bits per heavy atom. The topological polar surface area (TPSA) is 72.7 Å². The lowest BCUT2D eigenvalue weighted by Crippen LogP contribution is -2.27. The monoisotopic (exact) mass is 341 g/mol. The summed E-state index contributed by atoms with van der Waals surface area (Å²) in [5, 5.41) is 14.6. The van der Waals surface area contributed by atoms with Crippen LogP contribution in [0.3, 0.4) is 0 Å². The molecule has 3 rings (SSSR count). The van der Waals surface area contributed by atoms with Crippen LogP contribution in [-0.4, -0.2) is 32.7 Å². The van der Waals surface area contributed by atoms with Gasteiger partial charge in [0.25, 0.3) is 0 Å². The molecule has 2 aromatic carbocycles. The molecule has 0 atom stereocenters. The molecule has 122 valence electrons. The summed E-state index contributed by atoms with van der Waals surface area (Å²) in [5.41, 5.74) is 2.89. The van der Waals surface area contributed by atoms with E-state index in [1.165, 1.54) is 6.33 Å². The van der Waals surface area contributed by atoms with E-state index in [-0.39, 0.29) is 5.91 Å². The molecule has 1 heterocycles. The fraction of sp³-hybridized carbons (Fsp3) is 0.176. The van der Waals surface area contributed by atoms with Crippen LogP contribution in [0.5, 0.6) is 0 Å². The minimum Gasteiger partial charge on any atom is -0.355 e. The van der Waals surface area contributed by atoms with Crippen LogP contribution in [0.15, 0.2) is 54.9 Å². The van der Waals surface area contributed by atoms with Gasteiger partial charge in [-0.15, -0.1) is 5.10 Å². The van der Waals surface area contributed by atoms with Crippen LogP contribution in [0, 0.1) is 0 Å². The molecule has 0 unspecified atom stereocenters. The van der Waals surface area contributed by atoms with Gasteiger partial charge in [0.15, 0.2) is 0 Å². The second-order valence-corrected chi connectivity index (χ2v) is 5.76. The normalized spacial score (nSPS) is 10.5. The highest BCUT2D eigenvalue weighted by molar-refractivity contribution is 6.30. The molecule has 0 spiro atoms. The smallest absolute Gasteiger partial charge is 0.224 e. The molecule has 1 amide bonds. The number of halogens is 1. The summed E-state index contributed by atoms with van der Waals surface area (Å²) in [6.07, 6.45) is 2.62. The first-order valence-corrected chi connectivity index (χ1v) is 7.92. The van der Waals surface area contributed by atoms with Crippen molar-refractivity contribution in [3.8, 4) is 5.69 Å². The van der Waals surface area contributed by atoms with E-state index in [0.717, 1.165) is 23.2 Å². The summed E-state index contributed by atoms with van der Waals surface area (Å²) in [7, 11) is 0. The molecule has 7 heteroatoms. The summed E-state index contributed by atoms with van der Waals surface area (Å²) in [6.45, 7) is 0.585. The van der Waals surface area contributed by atoms with Gasteiger partial charge in [0.1, 0.15) is 6.33 Å². The number of amides is 1. The summed E-state index contributed by atoms with van der Waals surface area (Å²) < 4.78 is 1.56. The lowest BCUT2D eigenvalue weighted by atomic mass is 10.1. The molecule has 0 bridgehead atoms. The number of hydrogen-bond acceptors (Lipinski definition) is 4. The van der Waals surface area contributed by atoms with Crippen molar-refractivity contribution in [3.05, 3.63) is 71.0 Å². The first kappa shape index (κ1) is 16.1. The molecular weight excluding hydrogens is 326 g/mol. The molecular formula is C17H16ClN5O. The minimum atomic E-state index is -0.00722. The van der Waals surface area contributed by atoms with Crippen molar-refractivity contribution in [2.45, 2.75) is 12.8 Å². The zero-order chi connectivity index (χ0) is 16.8. The molecule has 24 heavy (non-hydrogen) atoms. The van der Waals surface area contributed by atoms with Crippen LogP contribution in [-0.2, 0) is 17.6 Å². The predicted octanol–water partition coefficient (Wildman–Crippen LogP) is 2.22. The Balaban J connectivity index is 1.48.